The Morgan fingerprint density at radius 3 is 1.95 bits per heavy atom. The van der Waals surface area contributed by atoms with Gasteiger partial charge in [-0.1, -0.05) is 59.3 Å². The number of hydrogen-bond donors (Lipinski definition) is 0. The second-order valence-corrected chi connectivity index (χ2v) is 4.92. The van der Waals surface area contributed by atoms with E-state index in [4.69, 9.17) is 0 Å². The van der Waals surface area contributed by atoms with Crippen molar-refractivity contribution in [3.63, 3.8) is 0 Å². The second-order valence-electron chi connectivity index (χ2n) is 4.92. The molecule has 21 heavy (non-hydrogen) atoms. The van der Waals surface area contributed by atoms with Crippen LogP contribution in [0.15, 0.2) is 30.9 Å². The molecule has 1 heteroatoms. The summed E-state index contributed by atoms with van der Waals surface area (Å²) in [5.74, 6) is 0. The van der Waals surface area contributed by atoms with Crippen LogP contribution < -0.4 is 0 Å². The molecule has 1 rings (SSSR count). The maximum absolute atomic E-state index is 3.68. The van der Waals surface area contributed by atoms with Crippen molar-refractivity contribution in [1.29, 1.82) is 0 Å². The number of unbranched alkanes of at least 4 members (excludes halogenated alkanes) is 2. The third-order valence-corrected chi connectivity index (χ3v) is 3.24. The Morgan fingerprint density at radius 1 is 1.29 bits per heavy atom. The zero-order chi connectivity index (χ0) is 16.0. The van der Waals surface area contributed by atoms with Crippen molar-refractivity contribution < 1.29 is 20.1 Å². The van der Waals surface area contributed by atoms with Crippen molar-refractivity contribution >= 4 is 0 Å². The van der Waals surface area contributed by atoms with Gasteiger partial charge in [0, 0.05) is 20.1 Å². The first kappa shape index (κ1) is 25.4. The summed E-state index contributed by atoms with van der Waals surface area (Å²) in [5, 5.41) is 0. The molecule has 0 amide bonds. The summed E-state index contributed by atoms with van der Waals surface area (Å²) in [7, 11) is 0. The van der Waals surface area contributed by atoms with Crippen molar-refractivity contribution in [2.24, 2.45) is 0 Å². The van der Waals surface area contributed by atoms with Crippen LogP contribution in [0.5, 0.6) is 0 Å². The largest absolute Gasteiger partial charge is 0.343 e. The summed E-state index contributed by atoms with van der Waals surface area (Å²) in [6.45, 7) is 21.5. The molecule has 0 saturated heterocycles. The Kier molecular flexibility index (Phi) is 21.2. The monoisotopic (exact) mass is 466 g/mol. The van der Waals surface area contributed by atoms with Crippen LogP contribution in [0.3, 0.4) is 0 Å². The van der Waals surface area contributed by atoms with E-state index in [0.717, 1.165) is 19.3 Å². The van der Waals surface area contributed by atoms with Crippen molar-refractivity contribution in [2.45, 2.75) is 60.3 Å². The minimum absolute atomic E-state index is 0. The van der Waals surface area contributed by atoms with Gasteiger partial charge in [0.15, 0.2) is 0 Å². The Labute approximate surface area is 147 Å². The molecule has 0 aromatic heterocycles. The van der Waals surface area contributed by atoms with Gasteiger partial charge in [-0.15, -0.1) is 6.58 Å². The van der Waals surface area contributed by atoms with Crippen molar-refractivity contribution in [2.75, 3.05) is 0 Å². The fourth-order valence-electron chi connectivity index (χ4n) is 1.59. The Morgan fingerprint density at radius 2 is 1.86 bits per heavy atom. The minimum atomic E-state index is 0. The standard InChI is InChI=1S/C9H13.C6H11.C5H9.Ir/c1-6-5-7(2)9(4)8(6)3;1-3-5-6-4-2;1-3-5-4-2;/h5H,1-4H3;3H,1-2,4-6H2;3,5H,1,4H2,2H3;/q2*-1;;/b;;5-3+;. The van der Waals surface area contributed by atoms with Crippen LogP contribution in [0.2, 0.25) is 0 Å². The molecule has 0 spiro atoms. The van der Waals surface area contributed by atoms with Gasteiger partial charge in [0.25, 0.3) is 0 Å². The van der Waals surface area contributed by atoms with Gasteiger partial charge >= 0.3 is 0 Å². The topological polar surface area (TPSA) is 0 Å². The average Bonchev–Trinajstić information content (AvgIpc) is 2.65. The minimum Gasteiger partial charge on any atom is -0.343 e. The van der Waals surface area contributed by atoms with Crippen molar-refractivity contribution in [1.82, 2.24) is 0 Å². The van der Waals surface area contributed by atoms with E-state index >= 15 is 0 Å². The van der Waals surface area contributed by atoms with E-state index in [9.17, 15) is 0 Å². The summed E-state index contributed by atoms with van der Waals surface area (Å²) in [6.07, 6.45) is 10.2. The first-order chi connectivity index (χ1) is 9.45. The van der Waals surface area contributed by atoms with Gasteiger partial charge in [0.05, 0.1) is 0 Å². The molecule has 0 unspecified atom stereocenters. The molecule has 0 aliphatic heterocycles. The molecule has 0 aliphatic rings. The molecule has 2 radical (unpaired) electrons. The predicted octanol–water partition coefficient (Wildman–Crippen LogP) is 6.60. The van der Waals surface area contributed by atoms with Gasteiger partial charge in [-0.25, -0.2) is 0 Å². The van der Waals surface area contributed by atoms with E-state index in [1.54, 1.807) is 6.08 Å². The van der Waals surface area contributed by atoms with Crippen LogP contribution in [0, 0.1) is 41.5 Å². The number of hydrogen-bond acceptors (Lipinski definition) is 0. The summed E-state index contributed by atoms with van der Waals surface area (Å²) in [5.41, 5.74) is 5.75. The fraction of sp³-hybridized carbons (Fsp3) is 0.450. The summed E-state index contributed by atoms with van der Waals surface area (Å²) in [4.78, 5) is 0. The van der Waals surface area contributed by atoms with Crippen molar-refractivity contribution in [3.05, 3.63) is 67.0 Å². The van der Waals surface area contributed by atoms with Crippen molar-refractivity contribution in [3.8, 4) is 0 Å². The smallest absolute Gasteiger partial charge is 0 e. The van der Waals surface area contributed by atoms with E-state index in [2.05, 4.69) is 61.1 Å². The van der Waals surface area contributed by atoms with Crippen LogP contribution >= 0.6 is 0 Å². The fourth-order valence-corrected chi connectivity index (χ4v) is 1.59. The van der Waals surface area contributed by atoms with Gasteiger partial charge in [0.2, 0.25) is 0 Å². The van der Waals surface area contributed by atoms with Crippen LogP contribution in [-0.4, -0.2) is 0 Å². The Hall–Kier alpha value is -0.521. The summed E-state index contributed by atoms with van der Waals surface area (Å²) >= 11 is 0. The maximum Gasteiger partial charge on any atom is 0 e. The molecule has 0 heterocycles. The second kappa shape index (κ2) is 17.5. The SMILES string of the molecule is C=CCCC[CH2-].Cc1c[c-](C)c(C)c1C.[CH2]/C=C/CC.[Ir]. The molecule has 0 bridgehead atoms. The molecule has 0 aliphatic carbocycles. The Balaban J connectivity index is -0.000000240. The number of rotatable bonds is 4. The van der Waals surface area contributed by atoms with E-state index in [1.165, 1.54) is 28.7 Å². The first-order valence-corrected chi connectivity index (χ1v) is 7.50. The van der Waals surface area contributed by atoms with Crippen LogP contribution in [-0.2, 0) is 20.1 Å². The van der Waals surface area contributed by atoms with E-state index in [0.29, 0.717) is 0 Å². The van der Waals surface area contributed by atoms with E-state index in [-0.39, 0.29) is 20.1 Å². The normalized spacial score (nSPS) is 9.10. The predicted molar refractivity (Wildman–Crippen MR) is 95.2 cm³/mol. The summed E-state index contributed by atoms with van der Waals surface area (Å²) in [6, 6.07) is 2.24. The molecule has 0 atom stereocenters. The van der Waals surface area contributed by atoms with Crippen LogP contribution in [0.1, 0.15) is 54.9 Å². The Bertz CT molecular complexity index is 347. The molecular weight excluding hydrogens is 432 g/mol. The molecule has 0 N–H and O–H groups in total. The third kappa shape index (κ3) is 14.2. The van der Waals surface area contributed by atoms with Gasteiger partial charge < -0.3 is 6.92 Å². The number of allylic oxidation sites excluding steroid dienone is 3. The zero-order valence-corrected chi connectivity index (χ0v) is 17.0. The summed E-state index contributed by atoms with van der Waals surface area (Å²) < 4.78 is 0. The molecule has 0 nitrogen and oxygen atoms in total. The van der Waals surface area contributed by atoms with Gasteiger partial charge in [-0.2, -0.15) is 34.7 Å². The molecule has 1 aromatic carbocycles. The van der Waals surface area contributed by atoms with Gasteiger partial charge in [0.1, 0.15) is 0 Å². The molecule has 1 aromatic rings. The molecule has 0 fully saturated rings. The van der Waals surface area contributed by atoms with E-state index < -0.39 is 0 Å². The van der Waals surface area contributed by atoms with Crippen LogP contribution in [0.4, 0.5) is 0 Å². The number of aryl methyl sites for hydroxylation is 2. The molecular formula is C20H33Ir-2. The third-order valence-electron chi connectivity index (χ3n) is 3.24. The molecule has 124 valence electrons. The van der Waals surface area contributed by atoms with Crippen LogP contribution in [0.25, 0.3) is 0 Å². The van der Waals surface area contributed by atoms with Gasteiger partial charge in [-0.3, -0.25) is 0 Å². The van der Waals surface area contributed by atoms with E-state index in [1.807, 2.05) is 12.2 Å². The van der Waals surface area contributed by atoms with Gasteiger partial charge in [-0.05, 0) is 19.8 Å². The molecule has 0 saturated carbocycles. The average molecular weight is 466 g/mol. The maximum atomic E-state index is 3.68. The zero-order valence-electron chi connectivity index (χ0n) is 14.6. The quantitative estimate of drug-likeness (QED) is 0.267. The first-order valence-electron chi connectivity index (χ1n) is 7.50.